The summed E-state index contributed by atoms with van der Waals surface area (Å²) >= 11 is 0. The van der Waals surface area contributed by atoms with Gasteiger partial charge in [0.15, 0.2) is 0 Å². The molecule has 1 aromatic carbocycles. The zero-order valence-electron chi connectivity index (χ0n) is 7.77. The van der Waals surface area contributed by atoms with E-state index in [4.69, 9.17) is 5.41 Å². The molecule has 1 atom stereocenters. The predicted octanol–water partition coefficient (Wildman–Crippen LogP) is 2.61. The van der Waals surface area contributed by atoms with Crippen LogP contribution in [0.1, 0.15) is 0 Å². The highest BCUT2D eigenvalue weighted by Gasteiger charge is 2.09. The third-order valence-electron chi connectivity index (χ3n) is 2.12. The Bertz CT molecular complexity index is 377. The average Bonchev–Trinajstić information content (AvgIpc) is 2.23. The van der Waals surface area contributed by atoms with Crippen molar-refractivity contribution in [3.63, 3.8) is 0 Å². The summed E-state index contributed by atoms with van der Waals surface area (Å²) in [4.78, 5) is 0. The molecule has 1 aliphatic rings. The van der Waals surface area contributed by atoms with Crippen molar-refractivity contribution in [3.8, 4) is 0 Å². The van der Waals surface area contributed by atoms with E-state index < -0.39 is 0 Å². The quantitative estimate of drug-likeness (QED) is 0.728. The first-order valence-electron chi connectivity index (χ1n) is 4.61. The Morgan fingerprint density at radius 1 is 1.07 bits per heavy atom. The average molecular weight is 184 g/mol. The Labute approximate surface area is 83.5 Å². The van der Waals surface area contributed by atoms with E-state index in [-0.39, 0.29) is 6.04 Å². The minimum Gasteiger partial charge on any atom is -0.373 e. The molecular weight excluding hydrogens is 172 g/mol. The standard InChI is InChI=1S/C12H12N2/c13-11-8-4-5-9-12(11)14-10-6-2-1-3-7-10/h1-9,12-14H. The maximum absolute atomic E-state index is 7.69. The molecule has 1 unspecified atom stereocenters. The van der Waals surface area contributed by atoms with Gasteiger partial charge in [-0.25, -0.2) is 0 Å². The van der Waals surface area contributed by atoms with Gasteiger partial charge in [-0.05, 0) is 18.2 Å². The number of rotatable bonds is 2. The molecule has 14 heavy (non-hydrogen) atoms. The van der Waals surface area contributed by atoms with Gasteiger partial charge in [-0.2, -0.15) is 0 Å². The van der Waals surface area contributed by atoms with E-state index in [1.165, 1.54) is 0 Å². The third-order valence-corrected chi connectivity index (χ3v) is 2.12. The van der Waals surface area contributed by atoms with Crippen LogP contribution in [0, 0.1) is 5.41 Å². The van der Waals surface area contributed by atoms with Crippen LogP contribution in [0.15, 0.2) is 54.6 Å². The fraction of sp³-hybridized carbons (Fsp3) is 0.0833. The lowest BCUT2D eigenvalue weighted by Gasteiger charge is -2.17. The Morgan fingerprint density at radius 3 is 2.57 bits per heavy atom. The van der Waals surface area contributed by atoms with E-state index in [0.29, 0.717) is 5.71 Å². The SMILES string of the molecule is N=C1C=CC=CC1Nc1ccccc1. The lowest BCUT2D eigenvalue weighted by atomic mass is 10.1. The Balaban J connectivity index is 2.09. The lowest BCUT2D eigenvalue weighted by Crippen LogP contribution is -2.26. The van der Waals surface area contributed by atoms with Gasteiger partial charge in [0, 0.05) is 5.69 Å². The van der Waals surface area contributed by atoms with Gasteiger partial charge < -0.3 is 10.7 Å². The molecule has 0 aliphatic heterocycles. The fourth-order valence-corrected chi connectivity index (χ4v) is 1.38. The van der Waals surface area contributed by atoms with Gasteiger partial charge in [-0.1, -0.05) is 36.4 Å². The predicted molar refractivity (Wildman–Crippen MR) is 59.9 cm³/mol. The molecule has 0 saturated carbocycles. The maximum atomic E-state index is 7.69. The number of hydrogen-bond acceptors (Lipinski definition) is 2. The first-order chi connectivity index (χ1) is 6.86. The van der Waals surface area contributed by atoms with E-state index in [9.17, 15) is 0 Å². The summed E-state index contributed by atoms with van der Waals surface area (Å²) < 4.78 is 0. The van der Waals surface area contributed by atoms with Crippen LogP contribution in [0.2, 0.25) is 0 Å². The topological polar surface area (TPSA) is 35.9 Å². The van der Waals surface area contributed by atoms with E-state index in [1.807, 2.05) is 48.6 Å². The van der Waals surface area contributed by atoms with Crippen LogP contribution in [0.4, 0.5) is 5.69 Å². The molecule has 1 aliphatic carbocycles. The Hall–Kier alpha value is -1.83. The summed E-state index contributed by atoms with van der Waals surface area (Å²) in [5.41, 5.74) is 1.64. The summed E-state index contributed by atoms with van der Waals surface area (Å²) in [6.07, 6.45) is 7.63. The normalized spacial score (nSPS) is 19.7. The summed E-state index contributed by atoms with van der Waals surface area (Å²) in [7, 11) is 0. The molecule has 0 radical (unpaired) electrons. The molecule has 2 rings (SSSR count). The number of hydrogen-bond donors (Lipinski definition) is 2. The van der Waals surface area contributed by atoms with Gasteiger partial charge in [-0.3, -0.25) is 0 Å². The smallest absolute Gasteiger partial charge is 0.0865 e. The van der Waals surface area contributed by atoms with Crippen molar-refractivity contribution in [1.29, 1.82) is 5.41 Å². The molecule has 0 heterocycles. The zero-order chi connectivity index (χ0) is 9.80. The number of nitrogens with one attached hydrogen (secondary N) is 2. The molecule has 70 valence electrons. The molecule has 2 heteroatoms. The highest BCUT2D eigenvalue weighted by atomic mass is 14.9. The third kappa shape index (κ3) is 1.91. The van der Waals surface area contributed by atoms with E-state index in [1.54, 1.807) is 6.08 Å². The number of allylic oxidation sites excluding steroid dienone is 2. The van der Waals surface area contributed by atoms with Crippen molar-refractivity contribution in [2.45, 2.75) is 6.04 Å². The van der Waals surface area contributed by atoms with Crippen molar-refractivity contribution in [1.82, 2.24) is 0 Å². The van der Waals surface area contributed by atoms with Gasteiger partial charge in [0.1, 0.15) is 0 Å². The molecule has 0 spiro atoms. The van der Waals surface area contributed by atoms with Crippen LogP contribution in [-0.2, 0) is 0 Å². The molecule has 2 nitrogen and oxygen atoms in total. The molecule has 0 aromatic heterocycles. The number of anilines is 1. The van der Waals surface area contributed by atoms with Crippen molar-refractivity contribution in [3.05, 3.63) is 54.6 Å². The second kappa shape index (κ2) is 3.92. The minimum absolute atomic E-state index is 0.00222. The van der Waals surface area contributed by atoms with Gasteiger partial charge in [-0.15, -0.1) is 0 Å². The zero-order valence-corrected chi connectivity index (χ0v) is 7.77. The van der Waals surface area contributed by atoms with Gasteiger partial charge in [0.25, 0.3) is 0 Å². The highest BCUT2D eigenvalue weighted by molar-refractivity contribution is 6.01. The summed E-state index contributed by atoms with van der Waals surface area (Å²) in [5, 5.41) is 11.0. The maximum Gasteiger partial charge on any atom is 0.0865 e. The van der Waals surface area contributed by atoms with Crippen LogP contribution < -0.4 is 5.32 Å². The van der Waals surface area contributed by atoms with Crippen molar-refractivity contribution in [2.24, 2.45) is 0 Å². The second-order valence-electron chi connectivity index (χ2n) is 3.19. The molecule has 1 aromatic rings. The van der Waals surface area contributed by atoms with Crippen LogP contribution in [0.25, 0.3) is 0 Å². The molecule has 0 amide bonds. The Kier molecular flexibility index (Phi) is 2.45. The van der Waals surface area contributed by atoms with Crippen molar-refractivity contribution >= 4 is 11.4 Å². The number of para-hydroxylation sites is 1. The molecular formula is C12H12N2. The van der Waals surface area contributed by atoms with Gasteiger partial charge in [0.2, 0.25) is 0 Å². The summed E-state index contributed by atoms with van der Waals surface area (Å²) in [6.45, 7) is 0. The van der Waals surface area contributed by atoms with Gasteiger partial charge >= 0.3 is 0 Å². The molecule has 2 N–H and O–H groups in total. The van der Waals surface area contributed by atoms with Crippen molar-refractivity contribution < 1.29 is 0 Å². The summed E-state index contributed by atoms with van der Waals surface area (Å²) in [6, 6.07) is 9.94. The molecule has 0 bridgehead atoms. The second-order valence-corrected chi connectivity index (χ2v) is 3.19. The Morgan fingerprint density at radius 2 is 1.86 bits per heavy atom. The summed E-state index contributed by atoms with van der Waals surface area (Å²) in [5.74, 6) is 0. The van der Waals surface area contributed by atoms with Crippen LogP contribution >= 0.6 is 0 Å². The van der Waals surface area contributed by atoms with Crippen molar-refractivity contribution in [2.75, 3.05) is 5.32 Å². The van der Waals surface area contributed by atoms with E-state index in [0.717, 1.165) is 5.69 Å². The van der Waals surface area contributed by atoms with Gasteiger partial charge in [0.05, 0.1) is 11.8 Å². The molecule has 0 fully saturated rings. The lowest BCUT2D eigenvalue weighted by molar-refractivity contribution is 1.14. The van der Waals surface area contributed by atoms with E-state index >= 15 is 0 Å². The largest absolute Gasteiger partial charge is 0.373 e. The minimum atomic E-state index is 0.00222. The first-order valence-corrected chi connectivity index (χ1v) is 4.61. The highest BCUT2D eigenvalue weighted by Crippen LogP contribution is 2.10. The van der Waals surface area contributed by atoms with Crippen LogP contribution in [-0.4, -0.2) is 11.8 Å². The first kappa shape index (κ1) is 8.75. The molecule has 0 saturated heterocycles. The van der Waals surface area contributed by atoms with E-state index in [2.05, 4.69) is 5.32 Å². The number of benzene rings is 1. The van der Waals surface area contributed by atoms with Crippen LogP contribution in [0.5, 0.6) is 0 Å². The monoisotopic (exact) mass is 184 g/mol. The van der Waals surface area contributed by atoms with Crippen LogP contribution in [0.3, 0.4) is 0 Å². The fourth-order valence-electron chi connectivity index (χ4n) is 1.38.